The molecule has 0 unspecified atom stereocenters. The van der Waals surface area contributed by atoms with Gasteiger partial charge in [-0.05, 0) is 34.5 Å². The lowest BCUT2D eigenvalue weighted by molar-refractivity contribution is -0.123. The smallest absolute Gasteiger partial charge is 0.276 e. The van der Waals surface area contributed by atoms with Crippen LogP contribution in [0.4, 0.5) is 4.79 Å². The van der Waals surface area contributed by atoms with Crippen LogP contribution >= 0.6 is 22.6 Å². The van der Waals surface area contributed by atoms with Gasteiger partial charge in [0.25, 0.3) is 5.91 Å². The van der Waals surface area contributed by atoms with Crippen molar-refractivity contribution >= 4 is 40.4 Å². The molecule has 7 heteroatoms. The molecule has 1 fully saturated rings. The average Bonchev–Trinajstić information content (AvgIpc) is 2.82. The van der Waals surface area contributed by atoms with Crippen molar-refractivity contribution in [2.24, 2.45) is 0 Å². The van der Waals surface area contributed by atoms with Crippen LogP contribution in [-0.4, -0.2) is 38.8 Å². The Bertz CT molecular complexity index is 647. The predicted octanol–water partition coefficient (Wildman–Crippen LogP) is 1.87. The van der Waals surface area contributed by atoms with Gasteiger partial charge in [0.1, 0.15) is 0 Å². The van der Waals surface area contributed by atoms with E-state index >= 15 is 0 Å². The van der Waals surface area contributed by atoms with Crippen LogP contribution in [0.25, 0.3) is 0 Å². The number of amides is 4. The van der Waals surface area contributed by atoms with Crippen LogP contribution in [0.1, 0.15) is 34.3 Å². The lowest BCUT2D eigenvalue weighted by atomic mass is 10.0. The molecule has 1 aromatic rings. The quantitative estimate of drug-likeness (QED) is 0.606. The average molecular weight is 413 g/mol. The zero-order valence-electron chi connectivity index (χ0n) is 12.0. The summed E-state index contributed by atoms with van der Waals surface area (Å²) in [7, 11) is 0. The molecular weight excluding hydrogens is 397 g/mol. The topological polar surface area (TPSA) is 69.7 Å². The van der Waals surface area contributed by atoms with Crippen LogP contribution in [0.3, 0.4) is 0 Å². The van der Waals surface area contributed by atoms with E-state index in [1.165, 1.54) is 15.6 Å². The third-order valence-corrected chi connectivity index (χ3v) is 4.64. The Morgan fingerprint density at radius 1 is 1.18 bits per heavy atom. The van der Waals surface area contributed by atoms with Crippen LogP contribution in [-0.2, 0) is 17.8 Å². The normalized spacial score (nSPS) is 17.8. The van der Waals surface area contributed by atoms with E-state index in [2.05, 4.69) is 27.9 Å². The molecule has 0 bridgehead atoms. The van der Waals surface area contributed by atoms with Crippen molar-refractivity contribution in [3.05, 3.63) is 34.9 Å². The summed E-state index contributed by atoms with van der Waals surface area (Å²) >= 11 is 2.35. The first-order chi connectivity index (χ1) is 10.6. The number of carbonyl (C=O) groups is 3. The molecule has 0 aromatic heterocycles. The zero-order chi connectivity index (χ0) is 15.7. The van der Waals surface area contributed by atoms with Crippen LogP contribution in [0.15, 0.2) is 18.2 Å². The van der Waals surface area contributed by atoms with Crippen molar-refractivity contribution in [1.82, 2.24) is 15.3 Å². The molecule has 2 heterocycles. The number of halogens is 1. The van der Waals surface area contributed by atoms with Gasteiger partial charge in [0.15, 0.2) is 0 Å². The Kier molecular flexibility index (Phi) is 4.32. The number of hydrogen-bond donors (Lipinski definition) is 1. The van der Waals surface area contributed by atoms with Gasteiger partial charge in [-0.2, -0.15) is 0 Å². The third-order valence-electron chi connectivity index (χ3n) is 3.88. The van der Waals surface area contributed by atoms with Gasteiger partial charge in [-0.15, -0.1) is 0 Å². The lowest BCUT2D eigenvalue weighted by Crippen LogP contribution is -2.56. The van der Waals surface area contributed by atoms with Gasteiger partial charge in [-0.1, -0.05) is 34.7 Å². The van der Waals surface area contributed by atoms with Crippen molar-refractivity contribution in [1.29, 1.82) is 0 Å². The third kappa shape index (κ3) is 2.81. The maximum absolute atomic E-state index is 12.5. The highest BCUT2D eigenvalue weighted by atomic mass is 127. The van der Waals surface area contributed by atoms with E-state index in [9.17, 15) is 14.4 Å². The molecule has 3 rings (SSSR count). The number of urea groups is 1. The highest BCUT2D eigenvalue weighted by molar-refractivity contribution is 14.1. The summed E-state index contributed by atoms with van der Waals surface area (Å²) in [5.41, 5.74) is 2.80. The minimum Gasteiger partial charge on any atom is -0.276 e. The first-order valence-corrected chi connectivity index (χ1v) is 8.73. The van der Waals surface area contributed by atoms with E-state index in [1.54, 1.807) is 0 Å². The van der Waals surface area contributed by atoms with E-state index in [-0.39, 0.29) is 24.8 Å². The Morgan fingerprint density at radius 3 is 2.73 bits per heavy atom. The van der Waals surface area contributed by atoms with Crippen LogP contribution in [0.5, 0.6) is 0 Å². The number of fused-ring (bicyclic) bond motifs is 1. The minimum atomic E-state index is -0.525. The summed E-state index contributed by atoms with van der Waals surface area (Å²) in [5, 5.41) is 5.00. The van der Waals surface area contributed by atoms with Crippen LogP contribution in [0.2, 0.25) is 0 Å². The fourth-order valence-corrected chi connectivity index (χ4v) is 3.15. The molecule has 0 aliphatic carbocycles. The summed E-state index contributed by atoms with van der Waals surface area (Å²) in [6.45, 7) is 0.625. The highest BCUT2D eigenvalue weighted by Gasteiger charge is 2.36. The van der Waals surface area contributed by atoms with E-state index in [1.807, 2.05) is 18.2 Å². The van der Waals surface area contributed by atoms with E-state index in [4.69, 9.17) is 0 Å². The molecule has 0 radical (unpaired) electrons. The van der Waals surface area contributed by atoms with Crippen molar-refractivity contribution in [2.75, 3.05) is 11.0 Å². The molecule has 4 amide bonds. The monoisotopic (exact) mass is 413 g/mol. The van der Waals surface area contributed by atoms with E-state index in [0.29, 0.717) is 12.1 Å². The second kappa shape index (κ2) is 6.23. The standard InChI is InChI=1S/C15H16IN3O3/c16-6-1-2-10-3-4-12-11(8-10)9-19(14(12)21)18-7-5-13(20)17-15(18)22/h3-4,8H,1-2,5-7,9H2,(H,17,20,22). The maximum Gasteiger partial charge on any atom is 0.342 e. The Hall–Kier alpha value is -1.64. The largest absolute Gasteiger partial charge is 0.342 e. The number of nitrogens with zero attached hydrogens (tertiary/aromatic N) is 2. The van der Waals surface area contributed by atoms with Gasteiger partial charge < -0.3 is 0 Å². The van der Waals surface area contributed by atoms with Gasteiger partial charge in [0, 0.05) is 12.0 Å². The highest BCUT2D eigenvalue weighted by Crippen LogP contribution is 2.26. The van der Waals surface area contributed by atoms with Crippen LogP contribution in [0, 0.1) is 0 Å². The van der Waals surface area contributed by atoms with E-state index in [0.717, 1.165) is 22.8 Å². The number of hydrogen-bond acceptors (Lipinski definition) is 3. The molecule has 1 N–H and O–H groups in total. The summed E-state index contributed by atoms with van der Waals surface area (Å²) in [6, 6.07) is 5.34. The molecule has 2 aliphatic heterocycles. The lowest BCUT2D eigenvalue weighted by Gasteiger charge is -2.33. The van der Waals surface area contributed by atoms with Gasteiger partial charge >= 0.3 is 6.03 Å². The second-order valence-corrected chi connectivity index (χ2v) is 6.45. The molecule has 0 atom stereocenters. The number of aryl methyl sites for hydroxylation is 1. The molecular formula is C15H16IN3O3. The van der Waals surface area contributed by atoms with Gasteiger partial charge in [-0.3, -0.25) is 14.9 Å². The first-order valence-electron chi connectivity index (χ1n) is 7.21. The van der Waals surface area contributed by atoms with Crippen molar-refractivity contribution in [3.63, 3.8) is 0 Å². The number of benzene rings is 1. The fourth-order valence-electron chi connectivity index (χ4n) is 2.77. The molecule has 0 saturated carbocycles. The molecule has 116 valence electrons. The molecule has 1 aromatic carbocycles. The number of nitrogens with one attached hydrogen (secondary N) is 1. The minimum absolute atomic E-state index is 0.181. The van der Waals surface area contributed by atoms with Crippen molar-refractivity contribution < 1.29 is 14.4 Å². The molecule has 0 spiro atoms. The van der Waals surface area contributed by atoms with Crippen molar-refractivity contribution in [2.45, 2.75) is 25.8 Å². The Morgan fingerprint density at radius 2 is 2.00 bits per heavy atom. The molecule has 1 saturated heterocycles. The van der Waals surface area contributed by atoms with Crippen molar-refractivity contribution in [3.8, 4) is 0 Å². The predicted molar refractivity (Wildman–Crippen MR) is 88.4 cm³/mol. The summed E-state index contributed by atoms with van der Waals surface area (Å²) < 4.78 is 1.10. The number of imide groups is 1. The molecule has 22 heavy (non-hydrogen) atoms. The number of alkyl halides is 1. The molecule has 6 nitrogen and oxygen atoms in total. The number of carbonyl (C=O) groups excluding carboxylic acids is 3. The Balaban J connectivity index is 1.78. The second-order valence-electron chi connectivity index (χ2n) is 5.37. The van der Waals surface area contributed by atoms with Gasteiger partial charge in [0.2, 0.25) is 5.91 Å². The number of hydrazine groups is 1. The van der Waals surface area contributed by atoms with E-state index < -0.39 is 6.03 Å². The maximum atomic E-state index is 12.5. The first kappa shape index (κ1) is 15.3. The summed E-state index contributed by atoms with van der Waals surface area (Å²) in [5.74, 6) is -0.480. The van der Waals surface area contributed by atoms with Gasteiger partial charge in [0.05, 0.1) is 13.1 Å². The van der Waals surface area contributed by atoms with Crippen LogP contribution < -0.4 is 5.32 Å². The fraction of sp³-hybridized carbons (Fsp3) is 0.400. The molecule has 2 aliphatic rings. The SMILES string of the molecule is O=C1CCN(N2Cc3cc(CCCI)ccc3C2=O)C(=O)N1. The number of rotatable bonds is 4. The Labute approximate surface area is 141 Å². The zero-order valence-corrected chi connectivity index (χ0v) is 14.1. The summed E-state index contributed by atoms with van der Waals surface area (Å²) in [6.07, 6.45) is 2.31. The van der Waals surface area contributed by atoms with Gasteiger partial charge in [-0.25, -0.2) is 14.8 Å². The summed E-state index contributed by atoms with van der Waals surface area (Å²) in [4.78, 5) is 35.6.